The van der Waals surface area contributed by atoms with Crippen LogP contribution in [0.4, 0.5) is 0 Å². The summed E-state index contributed by atoms with van der Waals surface area (Å²) in [5.74, 6) is 0. The maximum absolute atomic E-state index is 5.74. The van der Waals surface area contributed by atoms with Crippen molar-refractivity contribution in [2.75, 3.05) is 0 Å². The van der Waals surface area contributed by atoms with Crippen LogP contribution in [0.2, 0.25) is 5.02 Å². The molecule has 3 heteroatoms. The molecule has 0 saturated heterocycles. The van der Waals surface area contributed by atoms with E-state index in [4.69, 9.17) is 11.6 Å². The third-order valence-corrected chi connectivity index (χ3v) is 2.21. The van der Waals surface area contributed by atoms with Gasteiger partial charge in [-0.25, -0.2) is 0 Å². The Labute approximate surface area is 67.4 Å². The second kappa shape index (κ2) is 2.22. The SMILES string of the molecule is Clc1ccc2[c]nsc2c1. The zero-order chi connectivity index (χ0) is 6.97. The third-order valence-electron chi connectivity index (χ3n) is 1.25. The van der Waals surface area contributed by atoms with E-state index in [1.54, 1.807) is 0 Å². The molecule has 0 amide bonds. The highest BCUT2D eigenvalue weighted by Crippen LogP contribution is 2.21. The average Bonchev–Trinajstić information content (AvgIpc) is 2.33. The van der Waals surface area contributed by atoms with Crippen LogP contribution in [0, 0.1) is 6.20 Å². The lowest BCUT2D eigenvalue weighted by atomic mass is 10.3. The van der Waals surface area contributed by atoms with Crippen LogP contribution >= 0.6 is 23.1 Å². The van der Waals surface area contributed by atoms with Crippen molar-refractivity contribution in [2.24, 2.45) is 0 Å². The van der Waals surface area contributed by atoms with Crippen LogP contribution in [0.3, 0.4) is 0 Å². The Morgan fingerprint density at radius 2 is 2.40 bits per heavy atom. The molecule has 1 aromatic carbocycles. The normalized spacial score (nSPS) is 10.5. The summed E-state index contributed by atoms with van der Waals surface area (Å²) >= 11 is 7.15. The number of benzene rings is 1. The molecule has 1 nitrogen and oxygen atoms in total. The molecule has 1 heterocycles. The molecule has 0 atom stereocenters. The number of aromatic nitrogens is 1. The third kappa shape index (κ3) is 0.895. The predicted molar refractivity (Wildman–Crippen MR) is 43.5 cm³/mol. The Bertz CT molecular complexity index is 355. The molecular weight excluding hydrogens is 166 g/mol. The summed E-state index contributed by atoms with van der Waals surface area (Å²) in [4.78, 5) is 0. The van der Waals surface area contributed by atoms with Gasteiger partial charge in [-0.15, -0.1) is 0 Å². The predicted octanol–water partition coefficient (Wildman–Crippen LogP) is 2.75. The lowest BCUT2D eigenvalue weighted by molar-refractivity contribution is 1.58. The van der Waals surface area contributed by atoms with Gasteiger partial charge in [0.2, 0.25) is 0 Å². The van der Waals surface area contributed by atoms with Gasteiger partial charge >= 0.3 is 0 Å². The minimum absolute atomic E-state index is 0.755. The minimum atomic E-state index is 0.755. The lowest BCUT2D eigenvalue weighted by Crippen LogP contribution is -1.61. The maximum Gasteiger partial charge on any atom is 0.112 e. The summed E-state index contributed by atoms with van der Waals surface area (Å²) in [6, 6.07) is 5.65. The standard InChI is InChI=1S/C7H3ClNS/c8-6-2-1-5-4-9-10-7(5)3-6/h1-3H. The van der Waals surface area contributed by atoms with E-state index < -0.39 is 0 Å². The van der Waals surface area contributed by atoms with Crippen LogP contribution in [0.1, 0.15) is 0 Å². The van der Waals surface area contributed by atoms with Crippen molar-refractivity contribution >= 4 is 33.2 Å². The Morgan fingerprint density at radius 1 is 1.50 bits per heavy atom. The van der Waals surface area contributed by atoms with E-state index in [0.29, 0.717) is 0 Å². The molecule has 10 heavy (non-hydrogen) atoms. The van der Waals surface area contributed by atoms with Crippen molar-refractivity contribution in [1.82, 2.24) is 4.37 Å². The van der Waals surface area contributed by atoms with Crippen LogP contribution in [-0.2, 0) is 0 Å². The molecular formula is C7H3ClNS. The van der Waals surface area contributed by atoms with Gasteiger partial charge in [-0.2, -0.15) is 4.37 Å². The Balaban J connectivity index is 2.86. The molecule has 0 spiro atoms. The van der Waals surface area contributed by atoms with Crippen molar-refractivity contribution in [2.45, 2.75) is 0 Å². The fourth-order valence-electron chi connectivity index (χ4n) is 0.785. The van der Waals surface area contributed by atoms with E-state index in [1.165, 1.54) is 11.5 Å². The van der Waals surface area contributed by atoms with Crippen LogP contribution in [0.25, 0.3) is 10.1 Å². The largest absolute Gasteiger partial charge is 0.190 e. The van der Waals surface area contributed by atoms with E-state index >= 15 is 0 Å². The number of rotatable bonds is 0. The Morgan fingerprint density at radius 3 is 3.30 bits per heavy atom. The molecule has 0 aliphatic rings. The minimum Gasteiger partial charge on any atom is -0.190 e. The van der Waals surface area contributed by atoms with Crippen molar-refractivity contribution in [1.29, 1.82) is 0 Å². The summed E-state index contributed by atoms with van der Waals surface area (Å²) in [6.07, 6.45) is 2.86. The van der Waals surface area contributed by atoms with E-state index in [0.717, 1.165) is 15.1 Å². The van der Waals surface area contributed by atoms with Gasteiger partial charge in [-0.3, -0.25) is 0 Å². The maximum atomic E-state index is 5.74. The van der Waals surface area contributed by atoms with Gasteiger partial charge in [0, 0.05) is 10.4 Å². The van der Waals surface area contributed by atoms with Crippen LogP contribution in [0.5, 0.6) is 0 Å². The highest BCUT2D eigenvalue weighted by atomic mass is 35.5. The quantitative estimate of drug-likeness (QED) is 0.590. The van der Waals surface area contributed by atoms with Gasteiger partial charge in [0.15, 0.2) is 0 Å². The first-order valence-electron chi connectivity index (χ1n) is 2.79. The fourth-order valence-corrected chi connectivity index (χ4v) is 1.66. The highest BCUT2D eigenvalue weighted by molar-refractivity contribution is 7.13. The first-order chi connectivity index (χ1) is 4.86. The van der Waals surface area contributed by atoms with E-state index in [1.807, 2.05) is 18.2 Å². The second-order valence-electron chi connectivity index (χ2n) is 1.93. The topological polar surface area (TPSA) is 12.9 Å². The molecule has 0 aliphatic carbocycles. The number of halogens is 1. The molecule has 49 valence electrons. The zero-order valence-electron chi connectivity index (χ0n) is 4.97. The summed E-state index contributed by atoms with van der Waals surface area (Å²) in [5, 5.41) is 1.79. The number of hydrogen-bond acceptors (Lipinski definition) is 2. The zero-order valence-corrected chi connectivity index (χ0v) is 6.54. The highest BCUT2D eigenvalue weighted by Gasteiger charge is 1.95. The van der Waals surface area contributed by atoms with Gasteiger partial charge in [0.25, 0.3) is 0 Å². The fraction of sp³-hybridized carbons (Fsp3) is 0. The molecule has 0 unspecified atom stereocenters. The lowest BCUT2D eigenvalue weighted by Gasteiger charge is -1.86. The van der Waals surface area contributed by atoms with E-state index in [9.17, 15) is 0 Å². The summed E-state index contributed by atoms with van der Waals surface area (Å²) in [5.41, 5.74) is 0. The summed E-state index contributed by atoms with van der Waals surface area (Å²) in [6.45, 7) is 0. The molecule has 2 aromatic rings. The molecule has 1 aromatic heterocycles. The van der Waals surface area contributed by atoms with Gasteiger partial charge in [0.1, 0.15) is 6.20 Å². The first-order valence-corrected chi connectivity index (χ1v) is 3.94. The molecule has 0 bridgehead atoms. The second-order valence-corrected chi connectivity index (χ2v) is 3.18. The molecule has 0 N–H and O–H groups in total. The summed E-state index contributed by atoms with van der Waals surface area (Å²) < 4.78 is 4.99. The molecule has 1 radical (unpaired) electrons. The Kier molecular flexibility index (Phi) is 1.36. The molecule has 2 rings (SSSR count). The number of hydrogen-bond donors (Lipinski definition) is 0. The smallest absolute Gasteiger partial charge is 0.112 e. The number of nitrogens with zero attached hydrogens (tertiary/aromatic N) is 1. The van der Waals surface area contributed by atoms with Gasteiger partial charge in [0.05, 0.1) is 4.70 Å². The van der Waals surface area contributed by atoms with Crippen LogP contribution in [-0.4, -0.2) is 4.37 Å². The first kappa shape index (κ1) is 6.13. The van der Waals surface area contributed by atoms with Crippen LogP contribution < -0.4 is 0 Å². The van der Waals surface area contributed by atoms with Crippen molar-refractivity contribution < 1.29 is 0 Å². The van der Waals surface area contributed by atoms with Crippen LogP contribution in [0.15, 0.2) is 18.2 Å². The van der Waals surface area contributed by atoms with E-state index in [2.05, 4.69) is 10.6 Å². The average molecular weight is 169 g/mol. The monoisotopic (exact) mass is 168 g/mol. The summed E-state index contributed by atoms with van der Waals surface area (Å²) in [7, 11) is 0. The van der Waals surface area contributed by atoms with E-state index in [-0.39, 0.29) is 0 Å². The van der Waals surface area contributed by atoms with Crippen molar-refractivity contribution in [3.8, 4) is 0 Å². The van der Waals surface area contributed by atoms with Crippen molar-refractivity contribution in [3.05, 3.63) is 29.4 Å². The molecule has 0 aliphatic heterocycles. The Hall–Kier alpha value is -0.600. The van der Waals surface area contributed by atoms with Crippen molar-refractivity contribution in [3.63, 3.8) is 0 Å². The van der Waals surface area contributed by atoms with Gasteiger partial charge in [-0.1, -0.05) is 11.6 Å². The number of fused-ring (bicyclic) bond motifs is 1. The van der Waals surface area contributed by atoms with Gasteiger partial charge < -0.3 is 0 Å². The molecule has 0 fully saturated rings. The molecule has 0 saturated carbocycles. The van der Waals surface area contributed by atoms with Gasteiger partial charge in [-0.05, 0) is 29.7 Å².